The number of carbonyl (C=O) groups is 1. The van der Waals surface area contributed by atoms with Crippen molar-refractivity contribution in [2.24, 2.45) is 5.10 Å². The van der Waals surface area contributed by atoms with Crippen molar-refractivity contribution in [2.45, 2.75) is 19.4 Å². The van der Waals surface area contributed by atoms with Crippen LogP contribution in [0.1, 0.15) is 38.8 Å². The highest BCUT2D eigenvalue weighted by molar-refractivity contribution is 7.10. The summed E-state index contributed by atoms with van der Waals surface area (Å²) >= 11 is 1.65. The Balaban J connectivity index is 1.71. The van der Waals surface area contributed by atoms with Crippen molar-refractivity contribution in [1.82, 2.24) is 5.01 Å². The molecule has 0 bridgehead atoms. The van der Waals surface area contributed by atoms with Crippen molar-refractivity contribution in [3.8, 4) is 5.75 Å². The second kappa shape index (κ2) is 7.37. The lowest BCUT2D eigenvalue weighted by atomic mass is 10.0. The van der Waals surface area contributed by atoms with Crippen molar-refractivity contribution < 1.29 is 9.53 Å². The quantitative estimate of drug-likeness (QED) is 0.639. The van der Waals surface area contributed by atoms with E-state index in [9.17, 15) is 4.79 Å². The van der Waals surface area contributed by atoms with Crippen LogP contribution in [0.2, 0.25) is 0 Å². The van der Waals surface area contributed by atoms with Gasteiger partial charge in [-0.3, -0.25) is 4.79 Å². The molecule has 0 aliphatic carbocycles. The zero-order chi connectivity index (χ0) is 18.8. The first kappa shape index (κ1) is 17.5. The Hall–Kier alpha value is -2.92. The van der Waals surface area contributed by atoms with Crippen LogP contribution in [0.5, 0.6) is 5.75 Å². The molecule has 1 atom stereocenters. The third kappa shape index (κ3) is 3.51. The Labute approximate surface area is 162 Å². The number of thiophene rings is 1. The molecule has 0 spiro atoms. The van der Waals surface area contributed by atoms with E-state index in [2.05, 4.69) is 37.3 Å². The van der Waals surface area contributed by atoms with E-state index in [1.165, 1.54) is 5.56 Å². The number of hydrazone groups is 1. The molecule has 4 nitrogen and oxygen atoms in total. The topological polar surface area (TPSA) is 41.9 Å². The number of nitrogens with zero attached hydrogens (tertiary/aromatic N) is 2. The van der Waals surface area contributed by atoms with Gasteiger partial charge in [0.2, 0.25) is 0 Å². The minimum Gasteiger partial charge on any atom is -0.497 e. The van der Waals surface area contributed by atoms with E-state index in [1.807, 2.05) is 23.6 Å². The van der Waals surface area contributed by atoms with Crippen LogP contribution < -0.4 is 4.74 Å². The summed E-state index contributed by atoms with van der Waals surface area (Å²) in [5.74, 6) is 0.546. The van der Waals surface area contributed by atoms with Crippen LogP contribution in [0.4, 0.5) is 0 Å². The van der Waals surface area contributed by atoms with E-state index in [-0.39, 0.29) is 11.9 Å². The van der Waals surface area contributed by atoms with E-state index in [0.29, 0.717) is 17.7 Å². The molecule has 1 aliphatic heterocycles. The summed E-state index contributed by atoms with van der Waals surface area (Å²) in [5.41, 5.74) is 3.77. The van der Waals surface area contributed by atoms with E-state index in [1.54, 1.807) is 35.6 Å². The summed E-state index contributed by atoms with van der Waals surface area (Å²) in [7, 11) is 1.60. The summed E-state index contributed by atoms with van der Waals surface area (Å²) < 4.78 is 5.26. The molecular formula is C22H20N2O2S. The molecule has 5 heteroatoms. The van der Waals surface area contributed by atoms with Crippen LogP contribution in [0, 0.1) is 6.92 Å². The van der Waals surface area contributed by atoms with Crippen molar-refractivity contribution in [2.75, 3.05) is 7.11 Å². The summed E-state index contributed by atoms with van der Waals surface area (Å²) in [6, 6.07) is 19.5. The highest BCUT2D eigenvalue weighted by atomic mass is 32.1. The lowest BCUT2D eigenvalue weighted by Gasteiger charge is -2.20. The van der Waals surface area contributed by atoms with Gasteiger partial charge in [0, 0.05) is 16.9 Å². The number of hydrogen-bond acceptors (Lipinski definition) is 4. The Bertz CT molecular complexity index is 978. The molecule has 0 saturated carbocycles. The van der Waals surface area contributed by atoms with Crippen LogP contribution in [-0.2, 0) is 0 Å². The van der Waals surface area contributed by atoms with Gasteiger partial charge >= 0.3 is 0 Å². The average Bonchev–Trinajstić information content (AvgIpc) is 3.37. The van der Waals surface area contributed by atoms with E-state index >= 15 is 0 Å². The smallest absolute Gasteiger partial charge is 0.274 e. The molecule has 1 amide bonds. The fourth-order valence-corrected chi connectivity index (χ4v) is 4.02. The molecular weight excluding hydrogens is 356 g/mol. The largest absolute Gasteiger partial charge is 0.497 e. The number of carbonyl (C=O) groups excluding carboxylic acids is 1. The van der Waals surface area contributed by atoms with Gasteiger partial charge in [-0.05, 0) is 42.1 Å². The second-order valence-corrected chi connectivity index (χ2v) is 7.51. The van der Waals surface area contributed by atoms with Gasteiger partial charge in [0.1, 0.15) is 5.75 Å². The molecule has 27 heavy (non-hydrogen) atoms. The van der Waals surface area contributed by atoms with Crippen molar-refractivity contribution >= 4 is 23.0 Å². The highest BCUT2D eigenvalue weighted by Crippen LogP contribution is 2.36. The molecule has 0 unspecified atom stereocenters. The molecule has 0 saturated heterocycles. The number of rotatable bonds is 4. The minimum absolute atomic E-state index is 0.0833. The highest BCUT2D eigenvalue weighted by Gasteiger charge is 2.34. The lowest BCUT2D eigenvalue weighted by Crippen LogP contribution is -2.26. The maximum absolute atomic E-state index is 13.2. The molecule has 2 aromatic carbocycles. The predicted octanol–water partition coefficient (Wildman–Crippen LogP) is 5.06. The molecule has 3 aromatic rings. The maximum atomic E-state index is 13.2. The molecule has 0 fully saturated rings. The third-order valence-corrected chi connectivity index (χ3v) is 5.67. The number of methoxy groups -OCH3 is 1. The van der Waals surface area contributed by atoms with Crippen LogP contribution in [0.3, 0.4) is 0 Å². The van der Waals surface area contributed by atoms with E-state index < -0.39 is 0 Å². The summed E-state index contributed by atoms with van der Waals surface area (Å²) in [4.78, 5) is 14.4. The SMILES string of the molecule is COc1cccc(C(=O)N2N=C(c3ccc(C)cc3)C[C@H]2c2cccs2)c1. The first-order valence-corrected chi connectivity index (χ1v) is 9.69. The summed E-state index contributed by atoms with van der Waals surface area (Å²) in [6.07, 6.45) is 0.708. The number of ether oxygens (including phenoxy) is 1. The van der Waals surface area contributed by atoms with Gasteiger partial charge in [-0.25, -0.2) is 5.01 Å². The van der Waals surface area contributed by atoms with Gasteiger partial charge in [-0.2, -0.15) is 5.10 Å². The Morgan fingerprint density at radius 1 is 1.15 bits per heavy atom. The molecule has 0 N–H and O–H groups in total. The molecule has 0 radical (unpaired) electrons. The van der Waals surface area contributed by atoms with Crippen LogP contribution in [-0.4, -0.2) is 23.7 Å². The number of amides is 1. The Morgan fingerprint density at radius 3 is 2.67 bits per heavy atom. The molecule has 136 valence electrons. The Morgan fingerprint density at radius 2 is 1.96 bits per heavy atom. The van der Waals surface area contributed by atoms with Crippen molar-refractivity contribution in [1.29, 1.82) is 0 Å². The zero-order valence-corrected chi connectivity index (χ0v) is 16.1. The van der Waals surface area contributed by atoms with Crippen LogP contribution in [0.25, 0.3) is 0 Å². The second-order valence-electron chi connectivity index (χ2n) is 6.53. The fraction of sp³-hybridized carbons (Fsp3) is 0.182. The standard InChI is InChI=1S/C22H20N2O2S/c1-15-8-10-16(11-9-15)19-14-20(21-7-4-12-27-21)24(23-19)22(25)17-5-3-6-18(13-17)26-2/h3-13,20H,14H2,1-2H3/t20-/m0/s1. The van der Waals surface area contributed by atoms with Gasteiger partial charge in [0.25, 0.3) is 5.91 Å². The normalized spacial score (nSPS) is 16.3. The maximum Gasteiger partial charge on any atom is 0.274 e. The first-order valence-electron chi connectivity index (χ1n) is 8.81. The monoisotopic (exact) mass is 376 g/mol. The van der Waals surface area contributed by atoms with Gasteiger partial charge in [-0.1, -0.05) is 42.0 Å². The third-order valence-electron chi connectivity index (χ3n) is 4.69. The average molecular weight is 376 g/mol. The van der Waals surface area contributed by atoms with Crippen molar-refractivity contribution in [3.05, 3.63) is 87.6 Å². The summed E-state index contributed by atoms with van der Waals surface area (Å²) in [6.45, 7) is 2.06. The molecule has 1 aliphatic rings. The van der Waals surface area contributed by atoms with Gasteiger partial charge < -0.3 is 4.74 Å². The number of benzene rings is 2. The Kier molecular flexibility index (Phi) is 4.77. The molecule has 4 rings (SSSR count). The lowest BCUT2D eigenvalue weighted by molar-refractivity contribution is 0.0713. The molecule has 2 heterocycles. The predicted molar refractivity (Wildman–Crippen MR) is 109 cm³/mol. The number of hydrogen-bond donors (Lipinski definition) is 0. The van der Waals surface area contributed by atoms with Gasteiger partial charge in [-0.15, -0.1) is 11.3 Å². The van der Waals surface area contributed by atoms with E-state index in [4.69, 9.17) is 9.84 Å². The van der Waals surface area contributed by atoms with Crippen molar-refractivity contribution in [3.63, 3.8) is 0 Å². The number of aryl methyl sites for hydroxylation is 1. The van der Waals surface area contributed by atoms with Crippen LogP contribution in [0.15, 0.2) is 71.1 Å². The van der Waals surface area contributed by atoms with E-state index in [0.717, 1.165) is 16.2 Å². The first-order chi connectivity index (χ1) is 13.2. The molecule has 1 aromatic heterocycles. The minimum atomic E-state index is -0.116. The van der Waals surface area contributed by atoms with Crippen LogP contribution >= 0.6 is 11.3 Å². The van der Waals surface area contributed by atoms with Gasteiger partial charge in [0.15, 0.2) is 0 Å². The summed E-state index contributed by atoms with van der Waals surface area (Å²) in [5, 5.41) is 8.38. The van der Waals surface area contributed by atoms with Gasteiger partial charge in [0.05, 0.1) is 18.9 Å². The fourth-order valence-electron chi connectivity index (χ4n) is 3.21. The zero-order valence-electron chi connectivity index (χ0n) is 15.3.